The molecular weight excluding hydrogens is 316 g/mol. The Hall–Kier alpha value is -1.92. The Bertz CT molecular complexity index is 651. The first kappa shape index (κ1) is 16.5. The number of benzene rings is 1. The van der Waals surface area contributed by atoms with E-state index < -0.39 is 11.3 Å². The van der Waals surface area contributed by atoms with Crippen molar-refractivity contribution in [1.82, 2.24) is 15.8 Å². The molecule has 4 N–H and O–H groups in total. The molecule has 2 aliphatic heterocycles. The zero-order valence-electron chi connectivity index (χ0n) is 14.4. The highest BCUT2D eigenvalue weighted by Crippen LogP contribution is 2.47. The van der Waals surface area contributed by atoms with Gasteiger partial charge in [-0.25, -0.2) is 0 Å². The number of rotatable bonds is 4. The lowest BCUT2D eigenvalue weighted by atomic mass is 9.80. The van der Waals surface area contributed by atoms with Crippen molar-refractivity contribution >= 4 is 11.8 Å². The molecule has 0 aromatic heterocycles. The van der Waals surface area contributed by atoms with Gasteiger partial charge in [0.2, 0.25) is 11.8 Å². The van der Waals surface area contributed by atoms with Crippen LogP contribution in [0.5, 0.6) is 0 Å². The van der Waals surface area contributed by atoms with Gasteiger partial charge in [-0.05, 0) is 37.2 Å². The van der Waals surface area contributed by atoms with Crippen LogP contribution < -0.4 is 16.6 Å². The van der Waals surface area contributed by atoms with Crippen molar-refractivity contribution in [2.75, 3.05) is 19.6 Å². The average Bonchev–Trinajstić information content (AvgIpc) is 3.33. The van der Waals surface area contributed by atoms with Crippen LogP contribution in [0.15, 0.2) is 30.3 Å². The van der Waals surface area contributed by atoms with Crippen LogP contribution in [0.4, 0.5) is 0 Å². The first-order valence-corrected chi connectivity index (χ1v) is 9.24. The van der Waals surface area contributed by atoms with Gasteiger partial charge in [0.25, 0.3) is 0 Å². The molecule has 0 radical (unpaired) electrons. The number of hydrogen-bond donors (Lipinski definition) is 3. The number of primary amides is 1. The van der Waals surface area contributed by atoms with Gasteiger partial charge in [0.05, 0.1) is 0 Å². The number of nitrogens with zero attached hydrogens (tertiary/aromatic N) is 1. The van der Waals surface area contributed by atoms with Crippen LogP contribution in [-0.4, -0.2) is 42.4 Å². The van der Waals surface area contributed by atoms with Gasteiger partial charge in [-0.3, -0.25) is 20.4 Å². The fraction of sp³-hybridized carbons (Fsp3) is 0.579. The number of likely N-dealkylation sites (tertiary alicyclic amines) is 1. The minimum Gasteiger partial charge on any atom is -0.369 e. The predicted octanol–water partition coefficient (Wildman–Crippen LogP) is 0.751. The van der Waals surface area contributed by atoms with Crippen molar-refractivity contribution in [1.29, 1.82) is 0 Å². The molecule has 3 aliphatic rings. The Labute approximate surface area is 148 Å². The number of carbonyl (C=O) groups is 2. The molecule has 2 amide bonds. The highest BCUT2D eigenvalue weighted by Gasteiger charge is 2.57. The van der Waals surface area contributed by atoms with Crippen LogP contribution in [0.3, 0.4) is 0 Å². The predicted molar refractivity (Wildman–Crippen MR) is 94.3 cm³/mol. The summed E-state index contributed by atoms with van der Waals surface area (Å²) in [5, 5.41) is 0. The van der Waals surface area contributed by atoms with Gasteiger partial charge in [-0.1, -0.05) is 30.3 Å². The molecule has 2 atom stereocenters. The van der Waals surface area contributed by atoms with E-state index in [0.717, 1.165) is 32.5 Å². The molecule has 1 aromatic carbocycles. The molecular formula is C19H26N4O2. The van der Waals surface area contributed by atoms with E-state index in [-0.39, 0.29) is 5.91 Å². The van der Waals surface area contributed by atoms with Crippen molar-refractivity contribution in [3.8, 4) is 0 Å². The highest BCUT2D eigenvalue weighted by atomic mass is 16.2. The fourth-order valence-corrected chi connectivity index (χ4v) is 4.44. The number of nitrogens with one attached hydrogen (secondary N) is 2. The Kier molecular flexibility index (Phi) is 4.25. The second-order valence-corrected chi connectivity index (χ2v) is 7.64. The lowest BCUT2D eigenvalue weighted by Crippen LogP contribution is -2.49. The molecule has 6 nitrogen and oxygen atoms in total. The van der Waals surface area contributed by atoms with E-state index in [4.69, 9.17) is 5.73 Å². The number of piperidine rings is 1. The fourth-order valence-electron chi connectivity index (χ4n) is 4.44. The number of nitrogens with two attached hydrogens (primary N) is 1. The molecule has 2 heterocycles. The van der Waals surface area contributed by atoms with E-state index in [9.17, 15) is 9.59 Å². The van der Waals surface area contributed by atoms with E-state index in [1.165, 1.54) is 5.56 Å². The van der Waals surface area contributed by atoms with Gasteiger partial charge in [-0.15, -0.1) is 0 Å². The van der Waals surface area contributed by atoms with Crippen LogP contribution in [0.1, 0.15) is 37.2 Å². The van der Waals surface area contributed by atoms with E-state index >= 15 is 0 Å². The molecule has 25 heavy (non-hydrogen) atoms. The first-order valence-electron chi connectivity index (χ1n) is 9.24. The van der Waals surface area contributed by atoms with Crippen molar-refractivity contribution in [2.24, 2.45) is 17.1 Å². The maximum atomic E-state index is 12.6. The average molecular weight is 342 g/mol. The SMILES string of the molecule is NC(=O)C1(C(=O)N2CCC(C3NNCC3c3ccccc3)CC2)CC1. The number of amides is 2. The molecule has 4 rings (SSSR count). The number of carbonyl (C=O) groups excluding carboxylic acids is 2. The molecule has 6 heteroatoms. The maximum absolute atomic E-state index is 12.6. The molecule has 134 valence electrons. The van der Waals surface area contributed by atoms with Crippen molar-refractivity contribution in [3.63, 3.8) is 0 Å². The molecule has 2 unspecified atom stereocenters. The Morgan fingerprint density at radius 1 is 1.12 bits per heavy atom. The summed E-state index contributed by atoms with van der Waals surface area (Å²) in [7, 11) is 0. The maximum Gasteiger partial charge on any atom is 0.238 e. The molecule has 0 bridgehead atoms. The molecule has 3 fully saturated rings. The topological polar surface area (TPSA) is 87.5 Å². The van der Waals surface area contributed by atoms with Crippen LogP contribution in [0.25, 0.3) is 0 Å². The van der Waals surface area contributed by atoms with Gasteiger partial charge >= 0.3 is 0 Å². The van der Waals surface area contributed by atoms with Gasteiger partial charge in [0.1, 0.15) is 5.41 Å². The summed E-state index contributed by atoms with van der Waals surface area (Å²) in [4.78, 5) is 26.1. The van der Waals surface area contributed by atoms with Crippen molar-refractivity contribution in [2.45, 2.75) is 37.6 Å². The normalized spacial score (nSPS) is 28.7. The Morgan fingerprint density at radius 3 is 2.40 bits per heavy atom. The molecule has 2 saturated heterocycles. The quantitative estimate of drug-likeness (QED) is 0.705. The van der Waals surface area contributed by atoms with Gasteiger partial charge in [0, 0.05) is 31.6 Å². The Morgan fingerprint density at radius 2 is 1.80 bits per heavy atom. The summed E-state index contributed by atoms with van der Waals surface area (Å²) in [6, 6.07) is 11.0. The molecule has 1 saturated carbocycles. The minimum atomic E-state index is -0.882. The first-order chi connectivity index (χ1) is 12.1. The van der Waals surface area contributed by atoms with Crippen molar-refractivity contribution in [3.05, 3.63) is 35.9 Å². The molecule has 1 aromatic rings. The summed E-state index contributed by atoms with van der Waals surface area (Å²) in [5.74, 6) is 0.475. The summed E-state index contributed by atoms with van der Waals surface area (Å²) < 4.78 is 0. The largest absolute Gasteiger partial charge is 0.369 e. The van der Waals surface area contributed by atoms with E-state index in [0.29, 0.717) is 30.7 Å². The second-order valence-electron chi connectivity index (χ2n) is 7.64. The molecule has 0 spiro atoms. The van der Waals surface area contributed by atoms with Crippen molar-refractivity contribution < 1.29 is 9.59 Å². The number of hydrogen-bond acceptors (Lipinski definition) is 4. The standard InChI is InChI=1S/C19H26N4O2/c20-17(24)19(8-9-19)18(25)23-10-6-14(7-11-23)16-15(12-21-22-16)13-4-2-1-3-5-13/h1-5,14-16,21-22H,6-12H2,(H2,20,24). The smallest absolute Gasteiger partial charge is 0.238 e. The zero-order chi connectivity index (χ0) is 17.4. The van der Waals surface area contributed by atoms with Crippen LogP contribution in [-0.2, 0) is 9.59 Å². The van der Waals surface area contributed by atoms with Gasteiger partial charge in [0.15, 0.2) is 0 Å². The van der Waals surface area contributed by atoms with Crippen LogP contribution in [0.2, 0.25) is 0 Å². The summed E-state index contributed by atoms with van der Waals surface area (Å²) >= 11 is 0. The number of hydrazine groups is 1. The molecule has 1 aliphatic carbocycles. The summed E-state index contributed by atoms with van der Waals surface area (Å²) in [6.07, 6.45) is 3.16. The summed E-state index contributed by atoms with van der Waals surface area (Å²) in [6.45, 7) is 2.37. The zero-order valence-corrected chi connectivity index (χ0v) is 14.4. The van der Waals surface area contributed by atoms with E-state index in [2.05, 4.69) is 35.1 Å². The Balaban J connectivity index is 1.39. The van der Waals surface area contributed by atoms with Crippen LogP contribution in [0, 0.1) is 11.3 Å². The summed E-state index contributed by atoms with van der Waals surface area (Å²) in [5.41, 5.74) is 12.7. The lowest BCUT2D eigenvalue weighted by molar-refractivity contribution is -0.144. The third kappa shape index (κ3) is 2.93. The monoisotopic (exact) mass is 342 g/mol. The lowest BCUT2D eigenvalue weighted by Gasteiger charge is -2.37. The minimum absolute atomic E-state index is 0.0458. The van der Waals surface area contributed by atoms with Gasteiger partial charge < -0.3 is 10.6 Å². The third-order valence-corrected chi connectivity index (χ3v) is 6.22. The van der Waals surface area contributed by atoms with Crippen LogP contribution >= 0.6 is 0 Å². The van der Waals surface area contributed by atoms with E-state index in [1.807, 2.05) is 11.0 Å². The third-order valence-electron chi connectivity index (χ3n) is 6.22. The van der Waals surface area contributed by atoms with E-state index in [1.54, 1.807) is 0 Å². The highest BCUT2D eigenvalue weighted by molar-refractivity contribution is 6.07. The van der Waals surface area contributed by atoms with Gasteiger partial charge in [-0.2, -0.15) is 0 Å². The second kappa shape index (κ2) is 6.42.